The van der Waals surface area contributed by atoms with Crippen LogP contribution in [-0.2, 0) is 4.79 Å². The van der Waals surface area contributed by atoms with E-state index in [9.17, 15) is 4.79 Å². The molecule has 0 radical (unpaired) electrons. The van der Waals surface area contributed by atoms with Gasteiger partial charge < -0.3 is 11.1 Å². The van der Waals surface area contributed by atoms with Crippen molar-refractivity contribution in [3.63, 3.8) is 0 Å². The third-order valence-electron chi connectivity index (χ3n) is 5.97. The summed E-state index contributed by atoms with van der Waals surface area (Å²) in [6.45, 7) is 6.24. The van der Waals surface area contributed by atoms with Crippen molar-refractivity contribution >= 4 is 5.91 Å². The highest BCUT2D eigenvalue weighted by Crippen LogP contribution is 2.32. The Morgan fingerprint density at radius 3 is 2.75 bits per heavy atom. The van der Waals surface area contributed by atoms with Crippen LogP contribution in [0.4, 0.5) is 0 Å². The number of hydrogen-bond acceptors (Lipinski definition) is 3. The molecule has 4 atom stereocenters. The Labute approximate surface area is 145 Å². The lowest BCUT2D eigenvalue weighted by molar-refractivity contribution is -0.128. The molecule has 1 aliphatic heterocycles. The molecule has 2 fully saturated rings. The zero-order valence-corrected chi connectivity index (χ0v) is 15.0. The van der Waals surface area contributed by atoms with Crippen LogP contribution in [0.3, 0.4) is 0 Å². The fraction of sp³-hybridized carbons (Fsp3) is 0.650. The van der Waals surface area contributed by atoms with E-state index in [0.717, 1.165) is 45.2 Å². The lowest BCUT2D eigenvalue weighted by Crippen LogP contribution is -2.54. The largest absolute Gasteiger partial charge is 0.352 e. The first kappa shape index (κ1) is 17.4. The van der Waals surface area contributed by atoms with Crippen LogP contribution in [0.1, 0.15) is 57.6 Å². The van der Waals surface area contributed by atoms with E-state index < -0.39 is 0 Å². The molecule has 3 N–H and O–H groups in total. The molecule has 0 bridgehead atoms. The minimum Gasteiger partial charge on any atom is -0.352 e. The van der Waals surface area contributed by atoms with Gasteiger partial charge >= 0.3 is 0 Å². The molecule has 0 aromatic heterocycles. The van der Waals surface area contributed by atoms with Gasteiger partial charge in [-0.15, -0.1) is 0 Å². The van der Waals surface area contributed by atoms with Crippen molar-refractivity contribution in [1.29, 1.82) is 0 Å². The molecule has 4 nitrogen and oxygen atoms in total. The van der Waals surface area contributed by atoms with E-state index in [-0.39, 0.29) is 23.4 Å². The van der Waals surface area contributed by atoms with Crippen molar-refractivity contribution in [2.24, 2.45) is 11.7 Å². The second kappa shape index (κ2) is 7.24. The Hall–Kier alpha value is -1.39. The lowest BCUT2D eigenvalue weighted by Gasteiger charge is -2.37. The van der Waals surface area contributed by atoms with Gasteiger partial charge in [-0.1, -0.05) is 43.2 Å². The standard InChI is InChI=1S/C20H31N3O/c1-15(16-8-4-3-5-9-16)23-13-11-17(14-23)22-19(24)18-10-6-7-12-20(18,2)21/h3-5,8-9,15,17-18H,6-7,10-14,21H2,1-2H3,(H,22,24). The summed E-state index contributed by atoms with van der Waals surface area (Å²) >= 11 is 0. The maximum Gasteiger partial charge on any atom is 0.225 e. The maximum atomic E-state index is 12.7. The zero-order chi connectivity index (χ0) is 17.2. The maximum absolute atomic E-state index is 12.7. The van der Waals surface area contributed by atoms with Crippen molar-refractivity contribution in [3.8, 4) is 0 Å². The van der Waals surface area contributed by atoms with Crippen LogP contribution in [0.2, 0.25) is 0 Å². The highest BCUT2D eigenvalue weighted by Gasteiger charge is 2.39. The van der Waals surface area contributed by atoms with Crippen molar-refractivity contribution in [2.45, 2.75) is 63.6 Å². The fourth-order valence-electron chi connectivity index (χ4n) is 4.29. The predicted octanol–water partition coefficient (Wildman–Crippen LogP) is 2.85. The van der Waals surface area contributed by atoms with Gasteiger partial charge in [0.05, 0.1) is 5.92 Å². The molecule has 1 aromatic carbocycles. The Bertz CT molecular complexity index is 557. The van der Waals surface area contributed by atoms with Gasteiger partial charge in [0, 0.05) is 30.7 Å². The SMILES string of the molecule is CC(c1ccccc1)N1CCC(NC(=O)C2CCCCC2(C)N)C1. The van der Waals surface area contributed by atoms with Crippen LogP contribution < -0.4 is 11.1 Å². The van der Waals surface area contributed by atoms with E-state index >= 15 is 0 Å². The van der Waals surface area contributed by atoms with Gasteiger partial charge in [-0.25, -0.2) is 0 Å². The van der Waals surface area contributed by atoms with Crippen LogP contribution >= 0.6 is 0 Å². The molecule has 1 heterocycles. The summed E-state index contributed by atoms with van der Waals surface area (Å²) in [6.07, 6.45) is 5.16. The average Bonchev–Trinajstić information content (AvgIpc) is 3.03. The summed E-state index contributed by atoms with van der Waals surface area (Å²) < 4.78 is 0. The fourth-order valence-corrected chi connectivity index (χ4v) is 4.29. The van der Waals surface area contributed by atoms with Crippen LogP contribution in [0.5, 0.6) is 0 Å². The second-order valence-electron chi connectivity index (χ2n) is 7.88. The molecule has 0 spiro atoms. The van der Waals surface area contributed by atoms with Crippen LogP contribution in [0, 0.1) is 5.92 Å². The molecular formula is C20H31N3O. The minimum atomic E-state index is -0.349. The molecule has 24 heavy (non-hydrogen) atoms. The number of carbonyl (C=O) groups is 1. The molecule has 1 amide bonds. The predicted molar refractivity (Wildman–Crippen MR) is 97.5 cm³/mol. The van der Waals surface area contributed by atoms with Crippen LogP contribution in [0.25, 0.3) is 0 Å². The molecule has 1 aliphatic carbocycles. The molecule has 1 saturated heterocycles. The Morgan fingerprint density at radius 2 is 2.04 bits per heavy atom. The molecule has 1 saturated carbocycles. The Balaban J connectivity index is 1.55. The monoisotopic (exact) mass is 329 g/mol. The van der Waals surface area contributed by atoms with Gasteiger partial charge in [0.25, 0.3) is 0 Å². The first-order valence-electron chi connectivity index (χ1n) is 9.35. The number of hydrogen-bond donors (Lipinski definition) is 2. The number of carbonyl (C=O) groups excluding carboxylic acids is 1. The average molecular weight is 329 g/mol. The molecule has 3 rings (SSSR count). The van der Waals surface area contributed by atoms with Gasteiger partial charge in [-0.2, -0.15) is 0 Å². The highest BCUT2D eigenvalue weighted by atomic mass is 16.2. The van der Waals surface area contributed by atoms with Crippen molar-refractivity contribution < 1.29 is 4.79 Å². The summed E-state index contributed by atoms with van der Waals surface area (Å²) in [5, 5.41) is 3.28. The molecule has 1 aromatic rings. The van der Waals surface area contributed by atoms with Crippen LogP contribution in [0.15, 0.2) is 30.3 Å². The van der Waals surface area contributed by atoms with Crippen molar-refractivity contribution in [1.82, 2.24) is 10.2 Å². The minimum absolute atomic E-state index is 0.0353. The van der Waals surface area contributed by atoms with E-state index in [1.54, 1.807) is 0 Å². The molecule has 4 unspecified atom stereocenters. The molecule has 4 heteroatoms. The van der Waals surface area contributed by atoms with E-state index in [2.05, 4.69) is 47.5 Å². The number of nitrogens with one attached hydrogen (secondary N) is 1. The summed E-state index contributed by atoms with van der Waals surface area (Å²) in [7, 11) is 0. The third kappa shape index (κ3) is 3.81. The first-order valence-corrected chi connectivity index (χ1v) is 9.35. The van der Waals surface area contributed by atoms with Gasteiger partial charge in [0.2, 0.25) is 5.91 Å². The van der Waals surface area contributed by atoms with E-state index in [0.29, 0.717) is 6.04 Å². The second-order valence-corrected chi connectivity index (χ2v) is 7.88. The van der Waals surface area contributed by atoms with E-state index in [4.69, 9.17) is 5.73 Å². The summed E-state index contributed by atoms with van der Waals surface area (Å²) in [5.74, 6) is 0.130. The van der Waals surface area contributed by atoms with E-state index in [1.165, 1.54) is 5.56 Å². The van der Waals surface area contributed by atoms with Gasteiger partial charge in [0.15, 0.2) is 0 Å². The molecule has 2 aliphatic rings. The molecule has 132 valence electrons. The van der Waals surface area contributed by atoms with Crippen molar-refractivity contribution in [3.05, 3.63) is 35.9 Å². The zero-order valence-electron chi connectivity index (χ0n) is 15.0. The number of likely N-dealkylation sites (tertiary alicyclic amines) is 1. The number of benzene rings is 1. The van der Waals surface area contributed by atoms with Gasteiger partial charge in [-0.05, 0) is 38.7 Å². The van der Waals surface area contributed by atoms with E-state index in [1.807, 2.05) is 6.92 Å². The highest BCUT2D eigenvalue weighted by molar-refractivity contribution is 5.80. The summed E-state index contributed by atoms with van der Waals surface area (Å²) in [4.78, 5) is 15.2. The normalized spacial score (nSPS) is 32.5. The smallest absolute Gasteiger partial charge is 0.225 e. The molecular weight excluding hydrogens is 298 g/mol. The number of nitrogens with zero attached hydrogens (tertiary/aromatic N) is 1. The first-order chi connectivity index (χ1) is 11.5. The van der Waals surface area contributed by atoms with Gasteiger partial charge in [-0.3, -0.25) is 9.69 Å². The lowest BCUT2D eigenvalue weighted by atomic mass is 9.74. The number of nitrogens with two attached hydrogens (primary N) is 1. The number of amides is 1. The van der Waals surface area contributed by atoms with Crippen LogP contribution in [-0.4, -0.2) is 35.5 Å². The third-order valence-corrected chi connectivity index (χ3v) is 5.97. The quantitative estimate of drug-likeness (QED) is 0.893. The summed E-state index contributed by atoms with van der Waals surface area (Å²) in [6, 6.07) is 11.2. The van der Waals surface area contributed by atoms with Gasteiger partial charge in [0.1, 0.15) is 0 Å². The summed E-state index contributed by atoms with van der Waals surface area (Å²) in [5.41, 5.74) is 7.37. The Kier molecular flexibility index (Phi) is 5.26. The topological polar surface area (TPSA) is 58.4 Å². The number of rotatable bonds is 4. The Morgan fingerprint density at radius 1 is 1.29 bits per heavy atom. The van der Waals surface area contributed by atoms with Crippen molar-refractivity contribution in [2.75, 3.05) is 13.1 Å².